The molecule has 5 N–H and O–H groups in total. The van der Waals surface area contributed by atoms with Crippen LogP contribution in [0.25, 0.3) is 0 Å². The molecule has 11 heavy (non-hydrogen) atoms. The summed E-state index contributed by atoms with van der Waals surface area (Å²) in [5, 5.41) is 3.42. The van der Waals surface area contributed by atoms with E-state index in [1.807, 2.05) is 0 Å². The summed E-state index contributed by atoms with van der Waals surface area (Å²) in [5.74, 6) is 8.92. The van der Waals surface area contributed by atoms with E-state index in [0.717, 1.165) is 5.92 Å². The zero-order valence-corrected chi connectivity index (χ0v) is 6.84. The van der Waals surface area contributed by atoms with Gasteiger partial charge in [0.15, 0.2) is 0 Å². The summed E-state index contributed by atoms with van der Waals surface area (Å²) < 4.78 is 0. The lowest BCUT2D eigenvalue weighted by atomic mass is 9.93. The molecule has 3 nitrogen and oxygen atoms in total. The number of hydrogen-bond donors (Lipinski definition) is 3. The van der Waals surface area contributed by atoms with Crippen LogP contribution in [0.3, 0.4) is 0 Å². The molecule has 1 unspecified atom stereocenters. The molecule has 0 saturated carbocycles. The summed E-state index contributed by atoms with van der Waals surface area (Å²) in [7, 11) is 0. The van der Waals surface area contributed by atoms with Gasteiger partial charge in [-0.15, -0.1) is 0 Å². The second-order valence-electron chi connectivity index (χ2n) is 3.00. The molecule has 1 saturated heterocycles. The van der Waals surface area contributed by atoms with E-state index < -0.39 is 0 Å². The van der Waals surface area contributed by atoms with Gasteiger partial charge in [0.1, 0.15) is 0 Å². The van der Waals surface area contributed by atoms with Gasteiger partial charge in [0, 0.05) is 12.2 Å². The molecule has 64 valence electrons. The molecule has 0 aromatic rings. The monoisotopic (exact) mass is 155 g/mol. The van der Waals surface area contributed by atoms with Gasteiger partial charge >= 0.3 is 0 Å². The molecule has 1 aliphatic heterocycles. The van der Waals surface area contributed by atoms with Crippen molar-refractivity contribution in [2.45, 2.75) is 25.7 Å². The van der Waals surface area contributed by atoms with Gasteiger partial charge in [-0.05, 0) is 31.6 Å². The van der Waals surface area contributed by atoms with Gasteiger partial charge in [-0.25, -0.2) is 0 Å². The fourth-order valence-electron chi connectivity index (χ4n) is 1.85. The van der Waals surface area contributed by atoms with Crippen LogP contribution in [0, 0.1) is 5.92 Å². The van der Waals surface area contributed by atoms with Crippen LogP contribution in [0.1, 0.15) is 25.7 Å². The first-order valence-corrected chi connectivity index (χ1v) is 4.24. The molecule has 2 aliphatic rings. The van der Waals surface area contributed by atoms with E-state index in [9.17, 15) is 0 Å². The molecule has 0 spiro atoms. The normalized spacial score (nSPS) is 27.5. The highest BCUT2D eigenvalue weighted by atomic mass is 15.0. The summed E-state index contributed by atoms with van der Waals surface area (Å²) in [6.07, 6.45) is 7.90. The highest BCUT2D eigenvalue weighted by Gasteiger charge is 2.21. The molecule has 0 bridgehead atoms. The largest absolute Gasteiger partial charge is 0.388 e. The Morgan fingerprint density at radius 2 is 2.18 bits per heavy atom. The average Bonchev–Trinajstić information content (AvgIpc) is 2.55. The van der Waals surface area contributed by atoms with Gasteiger partial charge in [0.05, 0.1) is 0 Å². The van der Waals surface area contributed by atoms with E-state index in [4.69, 9.17) is 0 Å². The number of nitrogens with one attached hydrogen (secondary N) is 1. The van der Waals surface area contributed by atoms with E-state index in [1.165, 1.54) is 32.2 Å². The van der Waals surface area contributed by atoms with Crippen molar-refractivity contribution in [2.24, 2.45) is 17.6 Å². The first-order valence-electron chi connectivity index (χ1n) is 4.24. The average molecular weight is 155 g/mol. The Labute approximate surface area is 67.8 Å². The predicted molar refractivity (Wildman–Crippen MR) is 46.4 cm³/mol. The van der Waals surface area contributed by atoms with Gasteiger partial charge in [-0.1, -0.05) is 6.08 Å². The van der Waals surface area contributed by atoms with E-state index in [2.05, 4.69) is 23.1 Å². The van der Waals surface area contributed by atoms with Crippen molar-refractivity contribution in [3.8, 4) is 0 Å². The zero-order valence-electron chi connectivity index (χ0n) is 6.84. The van der Waals surface area contributed by atoms with Crippen molar-refractivity contribution in [1.29, 1.82) is 0 Å². The lowest BCUT2D eigenvalue weighted by Crippen LogP contribution is -2.09. The third kappa shape index (κ3) is 1.94. The van der Waals surface area contributed by atoms with E-state index in [-0.39, 0.29) is 0 Å². The lowest BCUT2D eigenvalue weighted by Gasteiger charge is -2.15. The molecule has 1 atom stereocenters. The number of allylic oxidation sites excluding steroid dienone is 2. The SMILES string of the molecule is C1=C2NCCC2CCC1.NN. The van der Waals surface area contributed by atoms with Crippen molar-refractivity contribution < 1.29 is 0 Å². The van der Waals surface area contributed by atoms with Crippen molar-refractivity contribution in [3.05, 3.63) is 11.8 Å². The van der Waals surface area contributed by atoms with E-state index in [0.29, 0.717) is 0 Å². The van der Waals surface area contributed by atoms with Crippen molar-refractivity contribution in [1.82, 2.24) is 5.32 Å². The Balaban J connectivity index is 0.000000281. The summed E-state index contributed by atoms with van der Waals surface area (Å²) in [6, 6.07) is 0. The first-order chi connectivity index (χ1) is 5.47. The second-order valence-corrected chi connectivity index (χ2v) is 3.00. The third-order valence-electron chi connectivity index (χ3n) is 2.38. The molecule has 3 heteroatoms. The quantitative estimate of drug-likeness (QED) is 0.352. The van der Waals surface area contributed by atoms with Crippen LogP contribution in [0.2, 0.25) is 0 Å². The number of fused-ring (bicyclic) bond motifs is 1. The summed E-state index contributed by atoms with van der Waals surface area (Å²) in [6.45, 7) is 1.22. The van der Waals surface area contributed by atoms with Gasteiger partial charge in [-0.2, -0.15) is 0 Å². The minimum Gasteiger partial charge on any atom is -0.388 e. The maximum atomic E-state index is 4.00. The molecule has 0 radical (unpaired) electrons. The second kappa shape index (κ2) is 4.36. The molecular weight excluding hydrogens is 138 g/mol. The Hall–Kier alpha value is -0.540. The smallest absolute Gasteiger partial charge is 0.0150 e. The van der Waals surface area contributed by atoms with Crippen LogP contribution >= 0.6 is 0 Å². The zero-order chi connectivity index (χ0) is 8.10. The standard InChI is InChI=1S/C8H13N.H4N2/c1-2-4-8-7(3-1)5-6-9-8;1-2/h4,7,9H,1-3,5-6H2;1-2H2. The molecule has 2 rings (SSSR count). The summed E-state index contributed by atoms with van der Waals surface area (Å²) in [4.78, 5) is 0. The molecule has 0 amide bonds. The summed E-state index contributed by atoms with van der Waals surface area (Å²) in [5.41, 5.74) is 1.54. The highest BCUT2D eigenvalue weighted by Crippen LogP contribution is 2.28. The first kappa shape index (κ1) is 8.56. The van der Waals surface area contributed by atoms with Crippen LogP contribution < -0.4 is 17.0 Å². The Kier molecular flexibility index (Phi) is 3.39. The minimum absolute atomic E-state index is 0.916. The van der Waals surface area contributed by atoms with Crippen LogP contribution in [0.15, 0.2) is 11.8 Å². The number of hydrazine groups is 1. The van der Waals surface area contributed by atoms with Gasteiger partial charge in [0.25, 0.3) is 0 Å². The van der Waals surface area contributed by atoms with Crippen molar-refractivity contribution in [2.75, 3.05) is 6.54 Å². The fraction of sp³-hybridized carbons (Fsp3) is 0.750. The predicted octanol–water partition coefficient (Wildman–Crippen LogP) is 0.483. The molecule has 1 aliphatic carbocycles. The maximum absolute atomic E-state index is 4.00. The molecule has 1 heterocycles. The Morgan fingerprint density at radius 1 is 1.36 bits per heavy atom. The maximum Gasteiger partial charge on any atom is 0.0150 e. The molecule has 0 aromatic carbocycles. The van der Waals surface area contributed by atoms with Gasteiger partial charge < -0.3 is 5.32 Å². The van der Waals surface area contributed by atoms with Crippen LogP contribution in [0.4, 0.5) is 0 Å². The molecular formula is C8H17N3. The minimum atomic E-state index is 0.916. The number of rotatable bonds is 0. The topological polar surface area (TPSA) is 64.1 Å². The van der Waals surface area contributed by atoms with E-state index in [1.54, 1.807) is 5.70 Å². The Bertz CT molecular complexity index is 142. The van der Waals surface area contributed by atoms with E-state index >= 15 is 0 Å². The molecule has 1 fully saturated rings. The molecule has 0 aromatic heterocycles. The number of nitrogens with two attached hydrogens (primary N) is 2. The van der Waals surface area contributed by atoms with Crippen LogP contribution in [-0.2, 0) is 0 Å². The van der Waals surface area contributed by atoms with Crippen LogP contribution in [-0.4, -0.2) is 6.54 Å². The highest BCUT2D eigenvalue weighted by molar-refractivity contribution is 5.11. The fourth-order valence-corrected chi connectivity index (χ4v) is 1.85. The summed E-state index contributed by atoms with van der Waals surface area (Å²) >= 11 is 0. The Morgan fingerprint density at radius 3 is 2.91 bits per heavy atom. The van der Waals surface area contributed by atoms with Crippen molar-refractivity contribution in [3.63, 3.8) is 0 Å². The van der Waals surface area contributed by atoms with Crippen molar-refractivity contribution >= 4 is 0 Å². The van der Waals surface area contributed by atoms with Crippen LogP contribution in [0.5, 0.6) is 0 Å². The number of hydrogen-bond acceptors (Lipinski definition) is 3. The van der Waals surface area contributed by atoms with Gasteiger partial charge in [-0.3, -0.25) is 11.7 Å². The lowest BCUT2D eigenvalue weighted by molar-refractivity contribution is 0.530. The third-order valence-corrected chi connectivity index (χ3v) is 2.38. The van der Waals surface area contributed by atoms with Gasteiger partial charge in [0.2, 0.25) is 0 Å².